The van der Waals surface area contributed by atoms with E-state index in [0.29, 0.717) is 32.0 Å². The molecule has 0 bridgehead atoms. The van der Waals surface area contributed by atoms with E-state index < -0.39 is 28.5 Å². The van der Waals surface area contributed by atoms with Crippen LogP contribution in [0, 0.1) is 6.92 Å². The molecule has 0 atom stereocenters. The van der Waals surface area contributed by atoms with Crippen molar-refractivity contribution in [3.8, 4) is 0 Å². The summed E-state index contributed by atoms with van der Waals surface area (Å²) in [5.41, 5.74) is 1.83. The summed E-state index contributed by atoms with van der Waals surface area (Å²) < 4.78 is 36.7. The number of carbonyl (C=O) groups is 2. The van der Waals surface area contributed by atoms with Crippen LogP contribution in [0.15, 0.2) is 53.4 Å². The summed E-state index contributed by atoms with van der Waals surface area (Å²) in [6.45, 7) is 2.79. The van der Waals surface area contributed by atoms with Gasteiger partial charge >= 0.3 is 5.97 Å². The average molecular weight is 418 g/mol. The Labute approximate surface area is 169 Å². The molecule has 1 N–H and O–H groups in total. The first-order chi connectivity index (χ1) is 13.9. The van der Waals surface area contributed by atoms with Gasteiger partial charge in [-0.25, -0.2) is 13.2 Å². The number of nitrogens with one attached hydrogen (secondary N) is 1. The summed E-state index contributed by atoms with van der Waals surface area (Å²) in [6.07, 6.45) is 0. The highest BCUT2D eigenvalue weighted by Crippen LogP contribution is 2.18. The molecule has 8 nitrogen and oxygen atoms in total. The van der Waals surface area contributed by atoms with E-state index in [1.165, 1.54) is 28.6 Å². The highest BCUT2D eigenvalue weighted by Gasteiger charge is 2.26. The molecular formula is C20H22N2O6S. The minimum Gasteiger partial charge on any atom is -0.452 e. The number of esters is 1. The van der Waals surface area contributed by atoms with Gasteiger partial charge in [0.1, 0.15) is 0 Å². The lowest BCUT2D eigenvalue weighted by atomic mass is 10.2. The van der Waals surface area contributed by atoms with Gasteiger partial charge in [-0.05, 0) is 43.3 Å². The molecule has 1 heterocycles. The third-order valence-corrected chi connectivity index (χ3v) is 6.28. The summed E-state index contributed by atoms with van der Waals surface area (Å²) in [4.78, 5) is 24.1. The van der Waals surface area contributed by atoms with Gasteiger partial charge in [0, 0.05) is 18.8 Å². The van der Waals surface area contributed by atoms with E-state index in [1.54, 1.807) is 12.1 Å². The van der Waals surface area contributed by atoms with Gasteiger partial charge in [-0.2, -0.15) is 4.31 Å². The third-order valence-electron chi connectivity index (χ3n) is 4.37. The number of amides is 1. The second-order valence-electron chi connectivity index (χ2n) is 6.53. The largest absolute Gasteiger partial charge is 0.452 e. The number of hydrogen-bond donors (Lipinski definition) is 1. The van der Waals surface area contributed by atoms with E-state index >= 15 is 0 Å². The number of hydrogen-bond acceptors (Lipinski definition) is 6. The van der Waals surface area contributed by atoms with Crippen molar-refractivity contribution in [1.82, 2.24) is 4.31 Å². The van der Waals surface area contributed by atoms with E-state index in [4.69, 9.17) is 9.47 Å². The van der Waals surface area contributed by atoms with Crippen molar-refractivity contribution in [2.75, 3.05) is 38.2 Å². The van der Waals surface area contributed by atoms with Crippen molar-refractivity contribution >= 4 is 27.6 Å². The van der Waals surface area contributed by atoms with Gasteiger partial charge in [0.2, 0.25) is 10.0 Å². The van der Waals surface area contributed by atoms with Crippen molar-refractivity contribution in [3.05, 3.63) is 59.7 Å². The van der Waals surface area contributed by atoms with Gasteiger partial charge in [0.25, 0.3) is 5.91 Å². The molecule has 0 radical (unpaired) electrons. The maximum atomic E-state index is 12.6. The molecule has 1 aliphatic rings. The van der Waals surface area contributed by atoms with Crippen molar-refractivity contribution in [1.29, 1.82) is 0 Å². The van der Waals surface area contributed by atoms with Crippen LogP contribution in [0.3, 0.4) is 0 Å². The van der Waals surface area contributed by atoms with E-state index in [9.17, 15) is 18.0 Å². The van der Waals surface area contributed by atoms with Crippen LogP contribution in [0.1, 0.15) is 15.9 Å². The number of benzene rings is 2. The van der Waals surface area contributed by atoms with Crippen LogP contribution in [-0.4, -0.2) is 57.5 Å². The minimum absolute atomic E-state index is 0.0908. The van der Waals surface area contributed by atoms with Gasteiger partial charge in [0.05, 0.1) is 23.7 Å². The maximum absolute atomic E-state index is 12.6. The van der Waals surface area contributed by atoms with Crippen LogP contribution in [0.5, 0.6) is 0 Å². The van der Waals surface area contributed by atoms with E-state index in [0.717, 1.165) is 5.56 Å². The lowest BCUT2D eigenvalue weighted by Crippen LogP contribution is -2.40. The van der Waals surface area contributed by atoms with Crippen molar-refractivity contribution in [2.24, 2.45) is 0 Å². The van der Waals surface area contributed by atoms with Crippen molar-refractivity contribution in [3.63, 3.8) is 0 Å². The molecule has 2 aromatic carbocycles. The number of morpholine rings is 1. The molecule has 0 aliphatic carbocycles. The number of aryl methyl sites for hydroxylation is 1. The third kappa shape index (κ3) is 5.41. The molecule has 0 aromatic heterocycles. The first-order valence-corrected chi connectivity index (χ1v) is 10.5. The molecule has 154 valence electrons. The molecule has 29 heavy (non-hydrogen) atoms. The fourth-order valence-electron chi connectivity index (χ4n) is 2.75. The summed E-state index contributed by atoms with van der Waals surface area (Å²) in [5, 5.41) is 2.63. The fourth-order valence-corrected chi connectivity index (χ4v) is 4.16. The Kier molecular flexibility index (Phi) is 6.63. The van der Waals surface area contributed by atoms with E-state index in [1.807, 2.05) is 19.1 Å². The average Bonchev–Trinajstić information content (AvgIpc) is 2.74. The molecule has 3 rings (SSSR count). The standard InChI is InChI=1S/C20H22N2O6S/c1-15-2-6-17(7-3-15)21-19(23)14-28-20(24)16-4-8-18(9-5-16)29(25,26)22-10-12-27-13-11-22/h2-9H,10-14H2,1H3,(H,21,23). The normalized spacial score (nSPS) is 14.9. The zero-order valence-corrected chi connectivity index (χ0v) is 16.8. The van der Waals surface area contributed by atoms with Crippen LogP contribution >= 0.6 is 0 Å². The quantitative estimate of drug-likeness (QED) is 0.718. The SMILES string of the molecule is Cc1ccc(NC(=O)COC(=O)c2ccc(S(=O)(=O)N3CCOCC3)cc2)cc1. The number of ether oxygens (including phenoxy) is 2. The fraction of sp³-hybridized carbons (Fsp3) is 0.300. The summed E-state index contributed by atoms with van der Waals surface area (Å²) >= 11 is 0. The zero-order chi connectivity index (χ0) is 20.9. The second-order valence-corrected chi connectivity index (χ2v) is 8.47. The Morgan fingerprint density at radius 2 is 1.66 bits per heavy atom. The van der Waals surface area contributed by atoms with Gasteiger partial charge in [0.15, 0.2) is 6.61 Å². The number of anilines is 1. The Morgan fingerprint density at radius 1 is 1.03 bits per heavy atom. The highest BCUT2D eigenvalue weighted by molar-refractivity contribution is 7.89. The second kappa shape index (κ2) is 9.17. The Balaban J connectivity index is 1.56. The first-order valence-electron chi connectivity index (χ1n) is 9.08. The highest BCUT2D eigenvalue weighted by atomic mass is 32.2. The van der Waals surface area contributed by atoms with Gasteiger partial charge in [-0.1, -0.05) is 17.7 Å². The van der Waals surface area contributed by atoms with Crippen molar-refractivity contribution in [2.45, 2.75) is 11.8 Å². The topological polar surface area (TPSA) is 102 Å². The Hall–Kier alpha value is -2.75. The van der Waals surface area contributed by atoms with E-state index in [2.05, 4.69) is 5.32 Å². The van der Waals surface area contributed by atoms with Gasteiger partial charge in [-0.15, -0.1) is 0 Å². The predicted octanol–water partition coefficient (Wildman–Crippen LogP) is 1.81. The Morgan fingerprint density at radius 3 is 2.28 bits per heavy atom. The molecule has 1 amide bonds. The van der Waals surface area contributed by atoms with Crippen LogP contribution in [-0.2, 0) is 24.3 Å². The van der Waals surface area contributed by atoms with Crippen LogP contribution in [0.2, 0.25) is 0 Å². The lowest BCUT2D eigenvalue weighted by molar-refractivity contribution is -0.119. The molecule has 0 saturated carbocycles. The molecule has 1 aliphatic heterocycles. The first kappa shape index (κ1) is 21.0. The molecule has 1 fully saturated rings. The van der Waals surface area contributed by atoms with Crippen LogP contribution in [0.25, 0.3) is 0 Å². The molecule has 0 unspecified atom stereocenters. The number of carbonyl (C=O) groups excluding carboxylic acids is 2. The molecule has 9 heteroatoms. The van der Waals surface area contributed by atoms with Crippen LogP contribution < -0.4 is 5.32 Å². The predicted molar refractivity (Wildman–Crippen MR) is 106 cm³/mol. The number of nitrogens with zero attached hydrogens (tertiary/aromatic N) is 1. The molecular weight excluding hydrogens is 396 g/mol. The summed E-state index contributed by atoms with van der Waals surface area (Å²) in [7, 11) is -3.63. The molecule has 2 aromatic rings. The molecule has 0 spiro atoms. The summed E-state index contributed by atoms with van der Waals surface area (Å²) in [6, 6.07) is 12.7. The van der Waals surface area contributed by atoms with Gasteiger partial charge < -0.3 is 14.8 Å². The maximum Gasteiger partial charge on any atom is 0.338 e. The number of sulfonamides is 1. The van der Waals surface area contributed by atoms with Gasteiger partial charge in [-0.3, -0.25) is 4.79 Å². The monoisotopic (exact) mass is 418 g/mol. The smallest absolute Gasteiger partial charge is 0.338 e. The van der Waals surface area contributed by atoms with Crippen molar-refractivity contribution < 1.29 is 27.5 Å². The lowest BCUT2D eigenvalue weighted by Gasteiger charge is -2.26. The molecule has 1 saturated heterocycles. The number of rotatable bonds is 6. The zero-order valence-electron chi connectivity index (χ0n) is 16.0. The Bertz CT molecular complexity index is 965. The van der Waals surface area contributed by atoms with E-state index in [-0.39, 0.29) is 10.5 Å². The summed E-state index contributed by atoms with van der Waals surface area (Å²) in [5.74, 6) is -1.17. The van der Waals surface area contributed by atoms with Crippen LogP contribution in [0.4, 0.5) is 5.69 Å². The minimum atomic E-state index is -3.63.